The number of halogens is 1. The van der Waals surface area contributed by atoms with Crippen LogP contribution in [0.2, 0.25) is 5.02 Å². The highest BCUT2D eigenvalue weighted by Crippen LogP contribution is 2.53. The zero-order chi connectivity index (χ0) is 21.1. The second kappa shape index (κ2) is 6.57. The van der Waals surface area contributed by atoms with E-state index in [2.05, 4.69) is 10.2 Å². The molecule has 1 aromatic heterocycles. The largest absolute Gasteiger partial charge is 0.507 e. The molecule has 0 unspecified atom stereocenters. The molecule has 0 saturated carbocycles. The fourth-order valence-electron chi connectivity index (χ4n) is 3.65. The van der Waals surface area contributed by atoms with E-state index >= 15 is 0 Å². The van der Waals surface area contributed by atoms with Crippen LogP contribution in [0.1, 0.15) is 42.6 Å². The third kappa shape index (κ3) is 2.65. The van der Waals surface area contributed by atoms with Gasteiger partial charge in [0.15, 0.2) is 11.5 Å². The molecule has 0 saturated heterocycles. The van der Waals surface area contributed by atoms with Crippen LogP contribution in [0.25, 0.3) is 11.5 Å². The summed E-state index contributed by atoms with van der Waals surface area (Å²) in [6.07, 6.45) is 0.0471. The molecule has 1 spiro atoms. The summed E-state index contributed by atoms with van der Waals surface area (Å²) in [6.45, 7) is 3.10. The summed E-state index contributed by atoms with van der Waals surface area (Å²) >= 11 is 6.51. The van der Waals surface area contributed by atoms with E-state index in [9.17, 15) is 19.8 Å². The van der Waals surface area contributed by atoms with Gasteiger partial charge in [-0.1, -0.05) is 18.5 Å². The van der Waals surface area contributed by atoms with Gasteiger partial charge in [-0.25, -0.2) is 0 Å². The van der Waals surface area contributed by atoms with E-state index in [1.807, 2.05) is 0 Å². The number of aliphatic hydroxyl groups excluding tert-OH is 2. The van der Waals surface area contributed by atoms with Crippen molar-refractivity contribution in [2.75, 3.05) is 7.11 Å². The fraction of sp³-hybridized carbons (Fsp3) is 0.368. The minimum absolute atomic E-state index is 0.00344. The van der Waals surface area contributed by atoms with Crippen molar-refractivity contribution in [2.24, 2.45) is 5.92 Å². The van der Waals surface area contributed by atoms with Gasteiger partial charge in [0.25, 0.3) is 0 Å². The highest BCUT2D eigenvalue weighted by molar-refractivity contribution is 6.36. The van der Waals surface area contributed by atoms with Gasteiger partial charge in [0, 0.05) is 18.4 Å². The molecule has 4 rings (SSSR count). The lowest BCUT2D eigenvalue weighted by molar-refractivity contribution is -0.118. The number of nitrogens with zero attached hydrogens (tertiary/aromatic N) is 2. The van der Waals surface area contributed by atoms with Crippen LogP contribution in [0.15, 0.2) is 22.3 Å². The minimum Gasteiger partial charge on any atom is -0.507 e. The maximum absolute atomic E-state index is 13.3. The first-order valence-corrected chi connectivity index (χ1v) is 9.18. The molecule has 0 radical (unpaired) electrons. The number of Topliss-reactive ketones (excluding diaryl/α,β-unsaturated/α-hetero) is 1. The van der Waals surface area contributed by atoms with Crippen molar-refractivity contribution >= 4 is 23.2 Å². The Morgan fingerprint density at radius 1 is 1.38 bits per heavy atom. The molecule has 3 atom stereocenters. The number of hydrogen-bond acceptors (Lipinski definition) is 9. The van der Waals surface area contributed by atoms with Crippen molar-refractivity contribution in [1.82, 2.24) is 10.2 Å². The Balaban J connectivity index is 1.90. The molecular weight excluding hydrogens is 404 g/mol. The highest BCUT2D eigenvalue weighted by atomic mass is 35.5. The van der Waals surface area contributed by atoms with Gasteiger partial charge in [0.05, 0.1) is 17.7 Å². The molecule has 2 N–H and O–H groups in total. The van der Waals surface area contributed by atoms with E-state index < -0.39 is 29.2 Å². The Morgan fingerprint density at radius 3 is 2.69 bits per heavy atom. The van der Waals surface area contributed by atoms with Crippen LogP contribution >= 0.6 is 11.6 Å². The predicted molar refractivity (Wildman–Crippen MR) is 99.1 cm³/mol. The lowest BCUT2D eigenvalue weighted by Gasteiger charge is -2.34. The second-order valence-corrected chi connectivity index (χ2v) is 7.41. The molecule has 2 heterocycles. The first-order chi connectivity index (χ1) is 13.7. The Kier molecular flexibility index (Phi) is 4.39. The lowest BCUT2D eigenvalue weighted by atomic mass is 9.75. The van der Waals surface area contributed by atoms with Crippen molar-refractivity contribution in [3.63, 3.8) is 0 Å². The molecule has 2 aromatic rings. The van der Waals surface area contributed by atoms with E-state index in [0.29, 0.717) is 0 Å². The number of aliphatic hydroxyl groups is 2. The van der Waals surface area contributed by atoms with E-state index in [1.165, 1.54) is 20.1 Å². The summed E-state index contributed by atoms with van der Waals surface area (Å²) in [7, 11) is 1.37. The number of ether oxygens (including phenoxy) is 2. The van der Waals surface area contributed by atoms with Gasteiger partial charge in [-0.2, -0.15) is 0 Å². The van der Waals surface area contributed by atoms with Gasteiger partial charge in [-0.05, 0) is 13.0 Å². The van der Waals surface area contributed by atoms with Crippen molar-refractivity contribution in [3.05, 3.63) is 34.4 Å². The van der Waals surface area contributed by atoms with E-state index in [4.69, 9.17) is 25.5 Å². The molecule has 1 aliphatic heterocycles. The SMILES string of the molecule is COc1cc(-c2nnc([C@H](C)O)o2)c(Cl)c2c1C(=O)[C@@]1(O2)C(O)=CC(=O)C[C@H]1C. The lowest BCUT2D eigenvalue weighted by Crippen LogP contribution is -2.51. The van der Waals surface area contributed by atoms with Gasteiger partial charge in [-0.3, -0.25) is 9.59 Å². The summed E-state index contributed by atoms with van der Waals surface area (Å²) in [6, 6.07) is 1.44. The molecule has 0 bridgehead atoms. The number of ketones is 2. The second-order valence-electron chi connectivity index (χ2n) is 7.03. The van der Waals surface area contributed by atoms with Crippen LogP contribution in [-0.2, 0) is 4.79 Å². The quantitative estimate of drug-likeness (QED) is 0.768. The van der Waals surface area contributed by atoms with Crippen LogP contribution in [0.4, 0.5) is 0 Å². The molecule has 29 heavy (non-hydrogen) atoms. The first kappa shape index (κ1) is 19.4. The molecule has 1 aromatic carbocycles. The Labute approximate surface area is 169 Å². The maximum Gasteiger partial charge on any atom is 0.249 e. The summed E-state index contributed by atoms with van der Waals surface area (Å²) in [5.41, 5.74) is -1.47. The van der Waals surface area contributed by atoms with Gasteiger partial charge in [0.2, 0.25) is 23.2 Å². The minimum atomic E-state index is -1.76. The number of benzene rings is 1. The number of fused-ring (bicyclic) bond motifs is 1. The van der Waals surface area contributed by atoms with Crippen molar-refractivity contribution < 1.29 is 33.7 Å². The fourth-order valence-corrected chi connectivity index (χ4v) is 3.92. The van der Waals surface area contributed by atoms with Gasteiger partial charge < -0.3 is 24.1 Å². The first-order valence-electron chi connectivity index (χ1n) is 8.80. The average Bonchev–Trinajstić information content (AvgIpc) is 3.26. The molecule has 0 fully saturated rings. The monoisotopic (exact) mass is 420 g/mol. The van der Waals surface area contributed by atoms with Crippen molar-refractivity contribution in [1.29, 1.82) is 0 Å². The van der Waals surface area contributed by atoms with Crippen LogP contribution < -0.4 is 9.47 Å². The molecule has 1 aliphatic carbocycles. The predicted octanol–water partition coefficient (Wildman–Crippen LogP) is 2.82. The summed E-state index contributed by atoms with van der Waals surface area (Å²) in [5.74, 6) is -1.85. The van der Waals surface area contributed by atoms with Crippen LogP contribution in [0, 0.1) is 5.92 Å². The highest BCUT2D eigenvalue weighted by Gasteiger charge is 2.59. The Bertz CT molecular complexity index is 1070. The van der Waals surface area contributed by atoms with Gasteiger partial charge >= 0.3 is 0 Å². The van der Waals surface area contributed by atoms with E-state index in [-0.39, 0.29) is 51.6 Å². The number of methoxy groups -OCH3 is 1. The number of rotatable bonds is 3. The number of carbonyl (C=O) groups is 2. The molecule has 2 aliphatic rings. The molecule has 152 valence electrons. The zero-order valence-electron chi connectivity index (χ0n) is 15.7. The maximum atomic E-state index is 13.3. The van der Waals surface area contributed by atoms with Crippen molar-refractivity contribution in [3.8, 4) is 23.0 Å². The molecular formula is C19H17ClN2O7. The Morgan fingerprint density at radius 2 is 2.10 bits per heavy atom. The summed E-state index contributed by atoms with van der Waals surface area (Å²) in [4.78, 5) is 25.1. The third-order valence-electron chi connectivity index (χ3n) is 5.14. The summed E-state index contributed by atoms with van der Waals surface area (Å²) < 4.78 is 16.7. The third-order valence-corrected chi connectivity index (χ3v) is 5.52. The topological polar surface area (TPSA) is 132 Å². The molecule has 10 heteroatoms. The van der Waals surface area contributed by atoms with Crippen molar-refractivity contribution in [2.45, 2.75) is 32.0 Å². The van der Waals surface area contributed by atoms with Gasteiger partial charge in [-0.15, -0.1) is 10.2 Å². The standard InChI is InChI=1S/C19H17ClN2O7/c1-7-4-9(24)5-12(25)19(7)16(26)13-11(27-3)6-10(14(20)15(13)29-19)18-22-21-17(28-18)8(2)23/h5-8,23,25H,4H2,1-3H3/t7-,8+,19+/m1/s1. The Hall–Kier alpha value is -2.91. The van der Waals surface area contributed by atoms with Crippen LogP contribution in [-0.4, -0.2) is 44.7 Å². The van der Waals surface area contributed by atoms with E-state index in [0.717, 1.165) is 6.08 Å². The smallest absolute Gasteiger partial charge is 0.249 e. The normalized spacial score (nSPS) is 24.3. The number of carbonyl (C=O) groups excluding carboxylic acids is 2. The number of aromatic nitrogens is 2. The van der Waals surface area contributed by atoms with Crippen LogP contribution in [0.5, 0.6) is 11.5 Å². The van der Waals surface area contributed by atoms with Crippen LogP contribution in [0.3, 0.4) is 0 Å². The summed E-state index contributed by atoms with van der Waals surface area (Å²) in [5, 5.41) is 27.7. The molecule has 0 amide bonds. The zero-order valence-corrected chi connectivity index (χ0v) is 16.5. The number of hydrogen-bond donors (Lipinski definition) is 2. The molecule has 9 nitrogen and oxygen atoms in total. The number of allylic oxidation sites excluding steroid dienone is 1. The van der Waals surface area contributed by atoms with Gasteiger partial charge in [0.1, 0.15) is 23.2 Å². The average molecular weight is 421 g/mol. The van der Waals surface area contributed by atoms with E-state index in [1.54, 1.807) is 6.92 Å².